The van der Waals surface area contributed by atoms with Crippen molar-refractivity contribution in [2.45, 2.75) is 45.3 Å². The molecule has 1 aliphatic rings. The predicted molar refractivity (Wildman–Crippen MR) is 73.1 cm³/mol. The zero-order valence-corrected chi connectivity index (χ0v) is 11.5. The first kappa shape index (κ1) is 13.5. The van der Waals surface area contributed by atoms with E-state index in [0.29, 0.717) is 12.1 Å². The van der Waals surface area contributed by atoms with E-state index in [2.05, 4.69) is 31.0 Å². The lowest BCUT2D eigenvalue weighted by Gasteiger charge is -2.23. The first-order valence-electron chi connectivity index (χ1n) is 6.82. The van der Waals surface area contributed by atoms with E-state index in [9.17, 15) is 4.39 Å². The quantitative estimate of drug-likeness (QED) is 0.884. The number of rotatable bonds is 4. The Balaban J connectivity index is 1.90. The first-order valence-corrected chi connectivity index (χ1v) is 6.82. The summed E-state index contributed by atoms with van der Waals surface area (Å²) in [7, 11) is 0. The highest BCUT2D eigenvalue weighted by Gasteiger charge is 2.25. The van der Waals surface area contributed by atoms with E-state index in [1.54, 1.807) is 12.1 Å². The van der Waals surface area contributed by atoms with Gasteiger partial charge < -0.3 is 5.32 Å². The predicted octanol–water partition coefficient (Wildman–Crippen LogP) is 2.96. The van der Waals surface area contributed by atoms with Gasteiger partial charge in [-0.2, -0.15) is 0 Å². The Hall–Kier alpha value is -0.930. The van der Waals surface area contributed by atoms with Crippen molar-refractivity contribution in [3.8, 4) is 0 Å². The Bertz CT molecular complexity index is 392. The SMILES string of the molecule is CC(C)N1CCC(N[C@@H](C)c2cccc(F)c2)C1. The molecule has 0 saturated carbocycles. The van der Waals surface area contributed by atoms with Crippen LogP contribution in [-0.4, -0.2) is 30.1 Å². The molecular weight excluding hydrogens is 227 g/mol. The van der Waals surface area contributed by atoms with Crippen molar-refractivity contribution in [1.29, 1.82) is 0 Å². The third-order valence-electron chi connectivity index (χ3n) is 3.78. The standard InChI is InChI=1S/C15H23FN2/c1-11(2)18-8-7-15(10-18)17-12(3)13-5-4-6-14(16)9-13/h4-6,9,11-12,15,17H,7-8,10H2,1-3H3/t12-,15?/m0/s1. The Morgan fingerprint density at radius 2 is 2.11 bits per heavy atom. The Morgan fingerprint density at radius 3 is 2.72 bits per heavy atom. The van der Waals surface area contributed by atoms with Crippen LogP contribution in [0.2, 0.25) is 0 Å². The lowest BCUT2D eigenvalue weighted by Crippen LogP contribution is -2.36. The Kier molecular flexibility index (Phi) is 4.36. The van der Waals surface area contributed by atoms with Crippen LogP contribution in [0.1, 0.15) is 38.8 Å². The summed E-state index contributed by atoms with van der Waals surface area (Å²) >= 11 is 0. The molecule has 0 aliphatic carbocycles. The van der Waals surface area contributed by atoms with Gasteiger partial charge in [-0.1, -0.05) is 12.1 Å². The molecule has 1 saturated heterocycles. The summed E-state index contributed by atoms with van der Waals surface area (Å²) in [4.78, 5) is 2.48. The number of halogens is 1. The molecule has 1 heterocycles. The minimum absolute atomic E-state index is 0.156. The van der Waals surface area contributed by atoms with Gasteiger partial charge in [-0.05, 0) is 51.4 Å². The molecule has 2 nitrogen and oxygen atoms in total. The fourth-order valence-electron chi connectivity index (χ4n) is 2.62. The number of benzene rings is 1. The molecule has 1 fully saturated rings. The van der Waals surface area contributed by atoms with Gasteiger partial charge in [-0.25, -0.2) is 4.39 Å². The van der Waals surface area contributed by atoms with Crippen LogP contribution in [0.25, 0.3) is 0 Å². The van der Waals surface area contributed by atoms with Crippen LogP contribution < -0.4 is 5.32 Å². The molecule has 1 aromatic carbocycles. The van der Waals surface area contributed by atoms with Gasteiger partial charge in [0.05, 0.1) is 0 Å². The van der Waals surface area contributed by atoms with Gasteiger partial charge >= 0.3 is 0 Å². The van der Waals surface area contributed by atoms with E-state index >= 15 is 0 Å². The van der Waals surface area contributed by atoms with Crippen molar-refractivity contribution in [3.05, 3.63) is 35.6 Å². The van der Waals surface area contributed by atoms with Gasteiger partial charge in [0, 0.05) is 24.7 Å². The second-order valence-corrected chi connectivity index (χ2v) is 5.52. The average molecular weight is 250 g/mol. The molecule has 0 spiro atoms. The molecule has 2 rings (SSSR count). The maximum Gasteiger partial charge on any atom is 0.123 e. The van der Waals surface area contributed by atoms with Crippen molar-refractivity contribution in [2.75, 3.05) is 13.1 Å². The van der Waals surface area contributed by atoms with E-state index in [-0.39, 0.29) is 11.9 Å². The van der Waals surface area contributed by atoms with Gasteiger partial charge in [-0.15, -0.1) is 0 Å². The minimum atomic E-state index is -0.156. The number of hydrogen-bond acceptors (Lipinski definition) is 2. The largest absolute Gasteiger partial charge is 0.306 e. The van der Waals surface area contributed by atoms with Gasteiger partial charge in [-0.3, -0.25) is 4.90 Å². The maximum absolute atomic E-state index is 13.2. The average Bonchev–Trinajstić information content (AvgIpc) is 2.77. The molecule has 18 heavy (non-hydrogen) atoms. The van der Waals surface area contributed by atoms with Crippen LogP contribution in [0, 0.1) is 5.82 Å². The molecule has 100 valence electrons. The highest BCUT2D eigenvalue weighted by atomic mass is 19.1. The summed E-state index contributed by atoms with van der Waals surface area (Å²) in [6, 6.07) is 8.21. The number of nitrogens with zero attached hydrogens (tertiary/aromatic N) is 1. The van der Waals surface area contributed by atoms with E-state index in [4.69, 9.17) is 0 Å². The molecule has 0 bridgehead atoms. The van der Waals surface area contributed by atoms with Crippen molar-refractivity contribution in [3.63, 3.8) is 0 Å². The fourth-order valence-corrected chi connectivity index (χ4v) is 2.62. The van der Waals surface area contributed by atoms with E-state index < -0.39 is 0 Å². The second-order valence-electron chi connectivity index (χ2n) is 5.52. The zero-order valence-electron chi connectivity index (χ0n) is 11.5. The second kappa shape index (κ2) is 5.81. The van der Waals surface area contributed by atoms with Crippen LogP contribution in [0.3, 0.4) is 0 Å². The summed E-state index contributed by atoms with van der Waals surface area (Å²) in [5.41, 5.74) is 1.03. The smallest absolute Gasteiger partial charge is 0.123 e. The molecular formula is C15H23FN2. The Morgan fingerprint density at radius 1 is 1.33 bits per heavy atom. The highest BCUT2D eigenvalue weighted by Crippen LogP contribution is 2.18. The van der Waals surface area contributed by atoms with Gasteiger partial charge in [0.2, 0.25) is 0 Å². The Labute approximate surface area is 109 Å². The lowest BCUT2D eigenvalue weighted by atomic mass is 10.1. The summed E-state index contributed by atoms with van der Waals surface area (Å²) in [5, 5.41) is 3.60. The molecule has 1 N–H and O–H groups in total. The normalized spacial score (nSPS) is 22.6. The van der Waals surface area contributed by atoms with Crippen molar-refractivity contribution in [2.24, 2.45) is 0 Å². The number of likely N-dealkylation sites (tertiary alicyclic amines) is 1. The highest BCUT2D eigenvalue weighted by molar-refractivity contribution is 5.19. The summed E-state index contributed by atoms with van der Waals surface area (Å²) in [6.45, 7) is 8.83. The molecule has 0 radical (unpaired) electrons. The van der Waals surface area contributed by atoms with E-state index in [1.165, 1.54) is 12.5 Å². The molecule has 2 atom stereocenters. The van der Waals surface area contributed by atoms with Gasteiger partial charge in [0.15, 0.2) is 0 Å². The number of hydrogen-bond donors (Lipinski definition) is 1. The fraction of sp³-hybridized carbons (Fsp3) is 0.600. The summed E-state index contributed by atoms with van der Waals surface area (Å²) in [6.07, 6.45) is 1.18. The molecule has 0 aromatic heterocycles. The maximum atomic E-state index is 13.2. The monoisotopic (exact) mass is 250 g/mol. The van der Waals surface area contributed by atoms with Crippen LogP contribution in [0.5, 0.6) is 0 Å². The van der Waals surface area contributed by atoms with Crippen LogP contribution in [0.4, 0.5) is 4.39 Å². The van der Waals surface area contributed by atoms with Crippen molar-refractivity contribution < 1.29 is 4.39 Å². The molecule has 0 amide bonds. The first-order chi connectivity index (χ1) is 8.56. The summed E-state index contributed by atoms with van der Waals surface area (Å²) < 4.78 is 13.2. The third-order valence-corrected chi connectivity index (χ3v) is 3.78. The topological polar surface area (TPSA) is 15.3 Å². The minimum Gasteiger partial charge on any atom is -0.306 e. The van der Waals surface area contributed by atoms with Crippen LogP contribution >= 0.6 is 0 Å². The van der Waals surface area contributed by atoms with Crippen LogP contribution in [-0.2, 0) is 0 Å². The van der Waals surface area contributed by atoms with Gasteiger partial charge in [0.1, 0.15) is 5.82 Å². The van der Waals surface area contributed by atoms with E-state index in [1.807, 2.05) is 6.07 Å². The molecule has 1 aromatic rings. The molecule has 3 heteroatoms. The molecule has 1 unspecified atom stereocenters. The third kappa shape index (κ3) is 3.30. The molecule has 1 aliphatic heterocycles. The van der Waals surface area contributed by atoms with Crippen LogP contribution in [0.15, 0.2) is 24.3 Å². The van der Waals surface area contributed by atoms with E-state index in [0.717, 1.165) is 18.7 Å². The van der Waals surface area contributed by atoms with Crippen molar-refractivity contribution in [1.82, 2.24) is 10.2 Å². The zero-order chi connectivity index (χ0) is 13.1. The number of nitrogens with one attached hydrogen (secondary N) is 1. The lowest BCUT2D eigenvalue weighted by molar-refractivity contribution is 0.266. The van der Waals surface area contributed by atoms with Gasteiger partial charge in [0.25, 0.3) is 0 Å². The van der Waals surface area contributed by atoms with Crippen molar-refractivity contribution >= 4 is 0 Å². The summed E-state index contributed by atoms with van der Waals surface area (Å²) in [5.74, 6) is -0.156.